The predicted octanol–water partition coefficient (Wildman–Crippen LogP) is 8.72. The maximum atomic E-state index is 6.02. The van der Waals surface area contributed by atoms with Crippen LogP contribution in [-0.4, -0.2) is 0 Å². The molecule has 168 valence electrons. The topological polar surface area (TPSA) is 18.5 Å². The van der Waals surface area contributed by atoms with E-state index in [1.54, 1.807) is 0 Å². The molecule has 0 bridgehead atoms. The fourth-order valence-corrected chi connectivity index (χ4v) is 3.90. The van der Waals surface area contributed by atoms with Crippen LogP contribution in [-0.2, 0) is 18.3 Å². The first kappa shape index (κ1) is 22.7. The highest BCUT2D eigenvalue weighted by atomic mass is 16.5. The van der Waals surface area contributed by atoms with E-state index in [0.29, 0.717) is 0 Å². The third kappa shape index (κ3) is 5.46. The van der Waals surface area contributed by atoms with Gasteiger partial charge in [0.25, 0.3) is 0 Å². The van der Waals surface area contributed by atoms with Crippen LogP contribution in [0.5, 0.6) is 23.0 Å². The molecule has 0 N–H and O–H groups in total. The molecule has 0 aliphatic heterocycles. The molecule has 2 heteroatoms. The first-order valence-electron chi connectivity index (χ1n) is 11.7. The van der Waals surface area contributed by atoms with Gasteiger partial charge in [-0.15, -0.1) is 0 Å². The second kappa shape index (κ2) is 9.95. The number of hydrogen-bond donors (Lipinski definition) is 0. The maximum absolute atomic E-state index is 6.02. The highest BCUT2D eigenvalue weighted by Gasteiger charge is 2.23. The second-order valence-corrected chi connectivity index (χ2v) is 8.87. The third-order valence-electron chi connectivity index (χ3n) is 6.29. The molecule has 0 fully saturated rings. The zero-order valence-electron chi connectivity index (χ0n) is 20.0. The Hall–Kier alpha value is -3.52. The van der Waals surface area contributed by atoms with E-state index in [4.69, 9.17) is 9.47 Å². The smallest absolute Gasteiger partial charge is 0.127 e. The van der Waals surface area contributed by atoms with E-state index in [1.165, 1.54) is 22.3 Å². The van der Waals surface area contributed by atoms with Gasteiger partial charge in [-0.3, -0.25) is 0 Å². The van der Waals surface area contributed by atoms with E-state index < -0.39 is 0 Å². The van der Waals surface area contributed by atoms with Crippen LogP contribution < -0.4 is 9.47 Å². The molecule has 0 heterocycles. The first-order valence-corrected chi connectivity index (χ1v) is 11.7. The lowest BCUT2D eigenvalue weighted by Gasteiger charge is -2.26. The molecule has 4 aromatic carbocycles. The Labute approximate surface area is 197 Å². The first-order chi connectivity index (χ1) is 16.0. The van der Waals surface area contributed by atoms with E-state index >= 15 is 0 Å². The molecule has 4 aromatic rings. The summed E-state index contributed by atoms with van der Waals surface area (Å²) in [4.78, 5) is 0. The Kier molecular flexibility index (Phi) is 6.84. The Morgan fingerprint density at radius 3 is 1.00 bits per heavy atom. The highest BCUT2D eigenvalue weighted by molar-refractivity contribution is 5.43. The summed E-state index contributed by atoms with van der Waals surface area (Å²) in [6.07, 6.45) is 2.06. The maximum Gasteiger partial charge on any atom is 0.127 e. The van der Waals surface area contributed by atoms with Crippen LogP contribution in [0.15, 0.2) is 97.1 Å². The summed E-state index contributed by atoms with van der Waals surface area (Å²) >= 11 is 0. The molecule has 0 radical (unpaired) electrons. The largest absolute Gasteiger partial charge is 0.457 e. The minimum Gasteiger partial charge on any atom is -0.457 e. The fraction of sp³-hybridized carbons (Fsp3) is 0.226. The van der Waals surface area contributed by atoms with Gasteiger partial charge in [0.1, 0.15) is 23.0 Å². The Bertz CT molecular complexity index is 1060. The quantitative estimate of drug-likeness (QED) is 0.275. The molecule has 0 saturated heterocycles. The van der Waals surface area contributed by atoms with E-state index in [1.807, 2.05) is 48.5 Å². The van der Waals surface area contributed by atoms with Crippen molar-refractivity contribution >= 4 is 0 Å². The van der Waals surface area contributed by atoms with Gasteiger partial charge in [0.2, 0.25) is 0 Å². The van der Waals surface area contributed by atoms with Crippen LogP contribution in [0.4, 0.5) is 0 Å². The average molecular weight is 437 g/mol. The molecule has 0 amide bonds. The molecule has 2 nitrogen and oxygen atoms in total. The molecular weight excluding hydrogens is 404 g/mol. The number of hydrogen-bond acceptors (Lipinski definition) is 2. The molecule has 4 rings (SSSR count). The molecule has 0 aliphatic carbocycles. The molecule has 0 aliphatic rings. The Balaban J connectivity index is 1.44. The minimum atomic E-state index is -0.136. The van der Waals surface area contributed by atoms with Crippen molar-refractivity contribution in [3.63, 3.8) is 0 Å². The fourth-order valence-electron chi connectivity index (χ4n) is 3.90. The summed E-state index contributed by atoms with van der Waals surface area (Å²) in [5.74, 6) is 3.41. The molecule has 0 saturated carbocycles. The van der Waals surface area contributed by atoms with Gasteiger partial charge in [0.05, 0.1) is 0 Å². The van der Waals surface area contributed by atoms with E-state index in [0.717, 1.165) is 35.8 Å². The van der Waals surface area contributed by atoms with Crippen molar-refractivity contribution in [2.45, 2.75) is 46.0 Å². The van der Waals surface area contributed by atoms with Crippen molar-refractivity contribution in [1.29, 1.82) is 0 Å². The minimum absolute atomic E-state index is 0.136. The summed E-state index contributed by atoms with van der Waals surface area (Å²) in [5, 5.41) is 0. The van der Waals surface area contributed by atoms with Crippen LogP contribution in [0.1, 0.15) is 49.9 Å². The lowest BCUT2D eigenvalue weighted by molar-refractivity contribution is 0.481. The summed E-state index contributed by atoms with van der Waals surface area (Å²) < 4.78 is 12.0. The highest BCUT2D eigenvalue weighted by Crippen LogP contribution is 2.34. The van der Waals surface area contributed by atoms with Crippen molar-refractivity contribution < 1.29 is 9.47 Å². The van der Waals surface area contributed by atoms with Crippen molar-refractivity contribution in [2.24, 2.45) is 0 Å². The van der Waals surface area contributed by atoms with E-state index in [-0.39, 0.29) is 5.41 Å². The number of benzene rings is 4. The van der Waals surface area contributed by atoms with Crippen molar-refractivity contribution in [2.75, 3.05) is 0 Å². The van der Waals surface area contributed by atoms with Gasteiger partial charge in [-0.2, -0.15) is 0 Å². The number of aryl methyl sites for hydroxylation is 2. The number of ether oxygens (including phenoxy) is 2. The molecule has 0 aromatic heterocycles. The zero-order valence-corrected chi connectivity index (χ0v) is 20.0. The van der Waals surface area contributed by atoms with E-state index in [9.17, 15) is 0 Å². The van der Waals surface area contributed by atoms with Crippen LogP contribution in [0, 0.1) is 0 Å². The predicted molar refractivity (Wildman–Crippen MR) is 137 cm³/mol. The van der Waals surface area contributed by atoms with E-state index in [2.05, 4.69) is 76.2 Å². The lowest BCUT2D eigenvalue weighted by Crippen LogP contribution is -2.18. The normalized spacial score (nSPS) is 11.3. The van der Waals surface area contributed by atoms with Crippen LogP contribution in [0.3, 0.4) is 0 Å². The Morgan fingerprint density at radius 1 is 0.455 bits per heavy atom. The van der Waals surface area contributed by atoms with Crippen molar-refractivity contribution in [3.05, 3.63) is 119 Å². The van der Waals surface area contributed by atoms with Gasteiger partial charge in [-0.1, -0.05) is 76.2 Å². The third-order valence-corrected chi connectivity index (χ3v) is 6.29. The van der Waals surface area contributed by atoms with Gasteiger partial charge >= 0.3 is 0 Å². The van der Waals surface area contributed by atoms with Crippen molar-refractivity contribution in [3.8, 4) is 23.0 Å². The van der Waals surface area contributed by atoms with Crippen molar-refractivity contribution in [1.82, 2.24) is 0 Å². The second-order valence-electron chi connectivity index (χ2n) is 8.87. The lowest BCUT2D eigenvalue weighted by atomic mass is 9.78. The molecule has 0 unspecified atom stereocenters. The summed E-state index contributed by atoms with van der Waals surface area (Å²) in [6, 6.07) is 33.3. The van der Waals surface area contributed by atoms with Crippen LogP contribution >= 0.6 is 0 Å². The SMILES string of the molecule is CCc1ccc(Oc2ccc(C(C)(C)c3ccc(Oc4ccc(CC)cc4)cc3)cc2)cc1. The molecule has 33 heavy (non-hydrogen) atoms. The summed E-state index contributed by atoms with van der Waals surface area (Å²) in [7, 11) is 0. The molecule has 0 spiro atoms. The zero-order chi connectivity index (χ0) is 23.3. The van der Waals surface area contributed by atoms with Gasteiger partial charge in [0, 0.05) is 5.41 Å². The van der Waals surface area contributed by atoms with Gasteiger partial charge in [-0.05, 0) is 83.6 Å². The number of rotatable bonds is 8. The average Bonchev–Trinajstić information content (AvgIpc) is 2.86. The molecular formula is C31H32O2. The van der Waals surface area contributed by atoms with Gasteiger partial charge in [-0.25, -0.2) is 0 Å². The summed E-state index contributed by atoms with van der Waals surface area (Å²) in [6.45, 7) is 8.79. The molecule has 0 atom stereocenters. The Morgan fingerprint density at radius 2 is 0.727 bits per heavy atom. The van der Waals surface area contributed by atoms with Crippen LogP contribution in [0.2, 0.25) is 0 Å². The standard InChI is InChI=1S/C31H32O2/c1-5-23-7-15-27(16-8-23)32-29-19-11-25(12-20-29)31(3,4)26-13-21-30(22-14-26)33-28-17-9-24(6-2)10-18-28/h7-22H,5-6H2,1-4H3. The van der Waals surface area contributed by atoms with Gasteiger partial charge < -0.3 is 9.47 Å². The van der Waals surface area contributed by atoms with Crippen LogP contribution in [0.25, 0.3) is 0 Å². The summed E-state index contributed by atoms with van der Waals surface area (Å²) in [5.41, 5.74) is 4.96. The monoisotopic (exact) mass is 436 g/mol. The van der Waals surface area contributed by atoms with Gasteiger partial charge in [0.15, 0.2) is 0 Å².